The molecule has 168 valence electrons. The van der Waals surface area contributed by atoms with Gasteiger partial charge in [-0.15, -0.1) is 0 Å². The van der Waals surface area contributed by atoms with Gasteiger partial charge in [-0.3, -0.25) is 4.79 Å². The fraction of sp³-hybridized carbons (Fsp3) is 0.0833. The Balaban J connectivity index is 1.83. The Bertz CT molecular complexity index is 1260. The van der Waals surface area contributed by atoms with E-state index in [1.54, 1.807) is 30.3 Å². The predicted molar refractivity (Wildman–Crippen MR) is 143 cm³/mol. The fourth-order valence-electron chi connectivity index (χ4n) is 2.80. The predicted octanol–water partition coefficient (Wildman–Crippen LogP) is 7.49. The van der Waals surface area contributed by atoms with Gasteiger partial charge in [0, 0.05) is 3.57 Å². The van der Waals surface area contributed by atoms with Gasteiger partial charge in [-0.25, -0.2) is 0 Å². The number of hydrogen-bond donors (Lipinski definition) is 1. The van der Waals surface area contributed by atoms with E-state index < -0.39 is 5.91 Å². The zero-order chi connectivity index (χ0) is 24.0. The molecular formula is C24H16BrCl2IN2O3. The number of rotatable bonds is 7. The van der Waals surface area contributed by atoms with Gasteiger partial charge < -0.3 is 14.8 Å². The van der Waals surface area contributed by atoms with E-state index in [0.29, 0.717) is 38.9 Å². The molecule has 0 aliphatic rings. The minimum Gasteiger partial charge on any atom is -0.493 e. The smallest absolute Gasteiger partial charge is 0.266 e. The Morgan fingerprint density at radius 1 is 1.21 bits per heavy atom. The first-order chi connectivity index (χ1) is 15.8. The summed E-state index contributed by atoms with van der Waals surface area (Å²) in [6.07, 6.45) is 1.45. The molecule has 0 spiro atoms. The van der Waals surface area contributed by atoms with Gasteiger partial charge in [0.2, 0.25) is 0 Å². The first kappa shape index (κ1) is 25.4. The van der Waals surface area contributed by atoms with E-state index in [1.165, 1.54) is 13.2 Å². The van der Waals surface area contributed by atoms with Crippen LogP contribution in [0.25, 0.3) is 6.08 Å². The Morgan fingerprint density at radius 3 is 2.61 bits per heavy atom. The van der Waals surface area contributed by atoms with Crippen LogP contribution < -0.4 is 14.8 Å². The number of halogens is 4. The van der Waals surface area contributed by atoms with Crippen LogP contribution in [0.15, 0.2) is 64.6 Å². The number of methoxy groups -OCH3 is 1. The minimum atomic E-state index is -0.615. The van der Waals surface area contributed by atoms with E-state index in [9.17, 15) is 10.1 Å². The largest absolute Gasteiger partial charge is 0.493 e. The number of hydrogen-bond acceptors (Lipinski definition) is 4. The van der Waals surface area contributed by atoms with E-state index >= 15 is 0 Å². The number of amides is 1. The zero-order valence-corrected chi connectivity index (χ0v) is 22.4. The highest BCUT2D eigenvalue weighted by molar-refractivity contribution is 14.1. The van der Waals surface area contributed by atoms with Gasteiger partial charge in [-0.05, 0) is 92.1 Å². The number of benzene rings is 3. The highest BCUT2D eigenvalue weighted by Gasteiger charge is 2.15. The molecule has 3 aromatic carbocycles. The summed E-state index contributed by atoms with van der Waals surface area (Å²) in [5, 5.41) is 12.6. The van der Waals surface area contributed by atoms with Gasteiger partial charge in [-0.2, -0.15) is 5.26 Å². The lowest BCUT2D eigenvalue weighted by Gasteiger charge is -2.14. The fourth-order valence-corrected chi connectivity index (χ4v) is 4.09. The van der Waals surface area contributed by atoms with Crippen LogP contribution >= 0.6 is 61.7 Å². The van der Waals surface area contributed by atoms with Crippen molar-refractivity contribution in [2.45, 2.75) is 6.61 Å². The number of nitrogens with one attached hydrogen (secondary N) is 1. The molecule has 0 saturated heterocycles. The summed E-state index contributed by atoms with van der Waals surface area (Å²) < 4.78 is 13.2. The molecule has 0 atom stereocenters. The van der Waals surface area contributed by atoms with Crippen LogP contribution in [0.4, 0.5) is 5.69 Å². The Kier molecular flexibility index (Phi) is 9.03. The third-order valence-electron chi connectivity index (χ3n) is 4.42. The molecule has 33 heavy (non-hydrogen) atoms. The molecule has 5 nitrogen and oxygen atoms in total. The summed E-state index contributed by atoms with van der Waals surface area (Å²) in [6, 6.07) is 18.2. The second-order valence-corrected chi connectivity index (χ2v) is 9.56. The molecular weight excluding hydrogens is 642 g/mol. The van der Waals surface area contributed by atoms with Gasteiger partial charge in [0.15, 0.2) is 11.5 Å². The topological polar surface area (TPSA) is 71.3 Å². The van der Waals surface area contributed by atoms with Crippen LogP contribution in [0.5, 0.6) is 11.5 Å². The molecule has 9 heteroatoms. The summed E-state index contributed by atoms with van der Waals surface area (Å²) >= 11 is 17.8. The van der Waals surface area contributed by atoms with E-state index in [4.69, 9.17) is 32.7 Å². The highest BCUT2D eigenvalue weighted by atomic mass is 127. The third-order valence-corrected chi connectivity index (χ3v) is 6.55. The summed E-state index contributed by atoms with van der Waals surface area (Å²) in [7, 11) is 1.52. The molecule has 0 fully saturated rings. The van der Waals surface area contributed by atoms with Gasteiger partial charge in [0.25, 0.3) is 5.91 Å². The normalized spacial score (nSPS) is 11.0. The average molecular weight is 658 g/mol. The van der Waals surface area contributed by atoms with Crippen molar-refractivity contribution in [3.05, 3.63) is 89.4 Å². The number of nitrogens with zero attached hydrogens (tertiary/aromatic N) is 1. The van der Waals surface area contributed by atoms with E-state index in [1.807, 2.05) is 30.3 Å². The summed E-state index contributed by atoms with van der Waals surface area (Å²) in [5.74, 6) is 0.356. The Labute approximate surface area is 223 Å². The maximum Gasteiger partial charge on any atom is 0.266 e. The number of carbonyl (C=O) groups is 1. The van der Waals surface area contributed by atoms with Crippen molar-refractivity contribution in [3.63, 3.8) is 0 Å². The lowest BCUT2D eigenvalue weighted by Crippen LogP contribution is -2.13. The van der Waals surface area contributed by atoms with Crippen LogP contribution in [0.1, 0.15) is 11.1 Å². The van der Waals surface area contributed by atoms with Crippen molar-refractivity contribution in [2.75, 3.05) is 12.4 Å². The SMILES string of the molecule is COc1cc(/C=C(/C#N)C(=O)Nc2cccc(Cl)c2Cl)cc(Br)c1OCc1ccc(I)cc1. The molecule has 0 aliphatic carbocycles. The second kappa shape index (κ2) is 11.7. The van der Waals surface area contributed by atoms with E-state index in [2.05, 4.69) is 43.8 Å². The monoisotopic (exact) mass is 656 g/mol. The van der Waals surface area contributed by atoms with Gasteiger partial charge in [0.1, 0.15) is 18.2 Å². The van der Waals surface area contributed by atoms with Crippen LogP contribution in [0, 0.1) is 14.9 Å². The van der Waals surface area contributed by atoms with Crippen LogP contribution in [-0.2, 0) is 11.4 Å². The second-order valence-electron chi connectivity index (χ2n) is 6.67. The number of ether oxygens (including phenoxy) is 2. The summed E-state index contributed by atoms with van der Waals surface area (Å²) in [4.78, 5) is 12.6. The van der Waals surface area contributed by atoms with Crippen LogP contribution in [-0.4, -0.2) is 13.0 Å². The first-order valence-electron chi connectivity index (χ1n) is 9.44. The van der Waals surface area contributed by atoms with Gasteiger partial charge >= 0.3 is 0 Å². The van der Waals surface area contributed by atoms with Gasteiger partial charge in [0.05, 0.1) is 27.3 Å². The number of nitriles is 1. The molecule has 0 unspecified atom stereocenters. The minimum absolute atomic E-state index is 0.118. The lowest BCUT2D eigenvalue weighted by atomic mass is 10.1. The van der Waals surface area contributed by atoms with Crippen molar-refractivity contribution in [3.8, 4) is 17.6 Å². The number of carbonyl (C=O) groups excluding carboxylic acids is 1. The molecule has 3 aromatic rings. The van der Waals surface area contributed by atoms with Crippen molar-refractivity contribution in [1.29, 1.82) is 5.26 Å². The summed E-state index contributed by atoms with van der Waals surface area (Å²) in [5.41, 5.74) is 1.78. The quantitative estimate of drug-likeness (QED) is 0.162. The maximum absolute atomic E-state index is 12.6. The lowest BCUT2D eigenvalue weighted by molar-refractivity contribution is -0.112. The summed E-state index contributed by atoms with van der Waals surface area (Å²) in [6.45, 7) is 0.354. The first-order valence-corrected chi connectivity index (χ1v) is 12.1. The molecule has 0 radical (unpaired) electrons. The van der Waals surface area contributed by atoms with E-state index in [0.717, 1.165) is 9.13 Å². The van der Waals surface area contributed by atoms with E-state index in [-0.39, 0.29) is 10.6 Å². The van der Waals surface area contributed by atoms with Crippen molar-refractivity contribution < 1.29 is 14.3 Å². The van der Waals surface area contributed by atoms with Gasteiger partial charge in [-0.1, -0.05) is 41.4 Å². The molecule has 1 N–H and O–H groups in total. The molecule has 0 bridgehead atoms. The Morgan fingerprint density at radius 2 is 1.94 bits per heavy atom. The third kappa shape index (κ3) is 6.64. The highest BCUT2D eigenvalue weighted by Crippen LogP contribution is 2.38. The average Bonchev–Trinajstić information content (AvgIpc) is 2.80. The molecule has 1 amide bonds. The number of anilines is 1. The molecule has 0 saturated carbocycles. The van der Waals surface area contributed by atoms with Crippen LogP contribution in [0.2, 0.25) is 10.0 Å². The zero-order valence-electron chi connectivity index (χ0n) is 17.2. The van der Waals surface area contributed by atoms with Crippen molar-refractivity contribution in [1.82, 2.24) is 0 Å². The van der Waals surface area contributed by atoms with Crippen molar-refractivity contribution in [2.24, 2.45) is 0 Å². The standard InChI is InChI=1S/C24H16BrCl2IN2O3/c1-32-21-11-15(10-18(25)23(21)33-13-14-5-7-17(28)8-6-14)9-16(12-29)24(31)30-20-4-2-3-19(26)22(20)27/h2-11H,13H2,1H3,(H,30,31)/b16-9-. The van der Waals surface area contributed by atoms with Crippen LogP contribution in [0.3, 0.4) is 0 Å². The molecule has 3 rings (SSSR count). The van der Waals surface area contributed by atoms with Crippen molar-refractivity contribution >= 4 is 79.4 Å². The maximum atomic E-state index is 12.6. The molecule has 0 aromatic heterocycles. The molecule has 0 heterocycles. The molecule has 0 aliphatic heterocycles. The Hall–Kier alpha value is -2.25.